The van der Waals surface area contributed by atoms with E-state index in [1.54, 1.807) is 25.1 Å². The van der Waals surface area contributed by atoms with Crippen molar-refractivity contribution >= 4 is 31.6 Å². The highest BCUT2D eigenvalue weighted by atomic mass is 79.9. The van der Waals surface area contributed by atoms with E-state index in [0.717, 1.165) is 5.56 Å². The number of ketones is 1. The number of hydrogen-bond donors (Lipinski definition) is 0. The average molecular weight is 489 g/mol. The zero-order valence-electron chi connectivity index (χ0n) is 16.5. The maximum atomic E-state index is 13.3. The van der Waals surface area contributed by atoms with Gasteiger partial charge in [0.05, 0.1) is 21.7 Å². The van der Waals surface area contributed by atoms with Crippen LogP contribution in [0.1, 0.15) is 22.8 Å². The molecule has 1 unspecified atom stereocenters. The summed E-state index contributed by atoms with van der Waals surface area (Å²) < 4.78 is 37.8. The number of rotatable bonds is 8. The summed E-state index contributed by atoms with van der Waals surface area (Å²) in [7, 11) is -2.51. The van der Waals surface area contributed by atoms with Crippen molar-refractivity contribution in [3.05, 3.63) is 83.9 Å². The van der Waals surface area contributed by atoms with E-state index in [2.05, 4.69) is 15.9 Å². The lowest BCUT2D eigenvalue weighted by Gasteiger charge is -2.17. The molecular weight excluding hydrogens is 468 g/mol. The maximum Gasteiger partial charge on any atom is 0.207 e. The van der Waals surface area contributed by atoms with Gasteiger partial charge in [0.1, 0.15) is 6.61 Å². The Morgan fingerprint density at radius 1 is 0.967 bits per heavy atom. The van der Waals surface area contributed by atoms with E-state index >= 15 is 0 Å². The summed E-state index contributed by atoms with van der Waals surface area (Å²) in [5, 5.41) is 0. The van der Waals surface area contributed by atoms with Crippen LogP contribution in [-0.4, -0.2) is 26.1 Å². The van der Waals surface area contributed by atoms with Crippen molar-refractivity contribution in [3.8, 4) is 11.5 Å². The van der Waals surface area contributed by atoms with Crippen LogP contribution in [0.5, 0.6) is 11.5 Å². The van der Waals surface area contributed by atoms with Crippen LogP contribution in [0.2, 0.25) is 0 Å². The van der Waals surface area contributed by atoms with Crippen LogP contribution in [0.25, 0.3) is 0 Å². The number of ether oxygens (including phenoxy) is 2. The van der Waals surface area contributed by atoms with Crippen molar-refractivity contribution in [2.45, 2.75) is 28.1 Å². The number of hydrogen-bond acceptors (Lipinski definition) is 5. The summed E-state index contributed by atoms with van der Waals surface area (Å²) in [6, 6.07) is 20.3. The second-order valence-electron chi connectivity index (χ2n) is 6.57. The van der Waals surface area contributed by atoms with Crippen LogP contribution in [0.15, 0.2) is 82.6 Å². The van der Waals surface area contributed by atoms with Gasteiger partial charge in [-0.3, -0.25) is 4.79 Å². The fourth-order valence-electron chi connectivity index (χ4n) is 2.90. The van der Waals surface area contributed by atoms with Gasteiger partial charge in [-0.15, -0.1) is 0 Å². The molecule has 0 radical (unpaired) electrons. The van der Waals surface area contributed by atoms with E-state index in [9.17, 15) is 13.2 Å². The number of halogens is 1. The molecule has 0 bridgehead atoms. The molecular formula is C23H21BrO5S. The van der Waals surface area contributed by atoms with Crippen LogP contribution in [0.3, 0.4) is 0 Å². The van der Waals surface area contributed by atoms with Crippen LogP contribution in [-0.2, 0) is 16.4 Å². The van der Waals surface area contributed by atoms with E-state index in [1.165, 1.54) is 31.4 Å². The second-order valence-corrected chi connectivity index (χ2v) is 9.86. The Morgan fingerprint density at radius 2 is 1.57 bits per heavy atom. The Morgan fingerprint density at radius 3 is 2.13 bits per heavy atom. The lowest BCUT2D eigenvalue weighted by molar-refractivity contribution is 0.0992. The predicted molar refractivity (Wildman–Crippen MR) is 118 cm³/mol. The van der Waals surface area contributed by atoms with Crippen LogP contribution >= 0.6 is 15.9 Å². The van der Waals surface area contributed by atoms with Gasteiger partial charge in [-0.1, -0.05) is 64.5 Å². The SMILES string of the molecule is COc1cc(S(=O)(=O)c2ccccc2)c(C(=O)C(C)Br)cc1OCc1ccccc1. The van der Waals surface area contributed by atoms with Crippen LogP contribution < -0.4 is 9.47 Å². The fraction of sp³-hybridized carbons (Fsp3) is 0.174. The van der Waals surface area contributed by atoms with Crippen molar-refractivity contribution in [1.29, 1.82) is 0 Å². The number of carbonyl (C=O) groups excluding carboxylic acids is 1. The molecule has 0 spiro atoms. The van der Waals surface area contributed by atoms with Gasteiger partial charge < -0.3 is 9.47 Å². The monoisotopic (exact) mass is 488 g/mol. The molecule has 0 fully saturated rings. The largest absolute Gasteiger partial charge is 0.493 e. The minimum Gasteiger partial charge on any atom is -0.493 e. The van der Waals surface area contributed by atoms with E-state index in [-0.39, 0.29) is 33.5 Å². The molecule has 30 heavy (non-hydrogen) atoms. The van der Waals surface area contributed by atoms with Gasteiger partial charge in [-0.2, -0.15) is 0 Å². The lowest BCUT2D eigenvalue weighted by Crippen LogP contribution is -2.16. The molecule has 0 heterocycles. The van der Waals surface area contributed by atoms with Gasteiger partial charge in [0.25, 0.3) is 0 Å². The highest BCUT2D eigenvalue weighted by Gasteiger charge is 2.29. The highest BCUT2D eigenvalue weighted by Crippen LogP contribution is 2.37. The first-order valence-electron chi connectivity index (χ1n) is 9.21. The molecule has 3 aromatic rings. The molecule has 0 aromatic heterocycles. The molecule has 3 aromatic carbocycles. The Hall–Kier alpha value is -2.64. The fourth-order valence-corrected chi connectivity index (χ4v) is 4.63. The Labute approximate surface area is 184 Å². The second kappa shape index (κ2) is 9.45. The first kappa shape index (κ1) is 22.1. The Bertz CT molecular complexity index is 1130. The predicted octanol–water partition coefficient (Wildman–Crippen LogP) is 5.07. The first-order valence-corrected chi connectivity index (χ1v) is 11.6. The molecule has 0 amide bonds. The normalized spacial score (nSPS) is 12.2. The maximum absolute atomic E-state index is 13.3. The molecule has 0 aliphatic carbocycles. The van der Waals surface area contributed by atoms with Crippen molar-refractivity contribution in [3.63, 3.8) is 0 Å². The summed E-state index contributed by atoms with van der Waals surface area (Å²) in [5.74, 6) is 0.167. The van der Waals surface area contributed by atoms with Crippen LogP contribution in [0.4, 0.5) is 0 Å². The standard InChI is InChI=1S/C23H21BrO5S/c1-16(24)23(25)19-13-21(29-15-17-9-5-3-6-10-17)20(28-2)14-22(19)30(26,27)18-11-7-4-8-12-18/h3-14,16H,15H2,1-2H3. The summed E-state index contributed by atoms with van der Waals surface area (Å²) in [4.78, 5) is 12.3. The molecule has 0 aliphatic rings. The highest BCUT2D eigenvalue weighted by molar-refractivity contribution is 9.10. The number of sulfone groups is 1. The van der Waals surface area contributed by atoms with Crippen LogP contribution in [0, 0.1) is 0 Å². The zero-order valence-corrected chi connectivity index (χ0v) is 18.9. The first-order chi connectivity index (χ1) is 14.3. The van der Waals surface area contributed by atoms with Crippen molar-refractivity contribution in [2.24, 2.45) is 0 Å². The lowest BCUT2D eigenvalue weighted by atomic mass is 10.1. The number of alkyl halides is 1. The minimum absolute atomic E-state index is 0.0482. The van der Waals surface area contributed by atoms with Gasteiger partial charge in [-0.05, 0) is 30.7 Å². The van der Waals surface area contributed by atoms with Gasteiger partial charge in [0.2, 0.25) is 9.84 Å². The summed E-state index contributed by atoms with van der Waals surface area (Å²) in [6.07, 6.45) is 0. The van der Waals surface area contributed by atoms with Gasteiger partial charge in [0, 0.05) is 11.6 Å². The molecule has 3 rings (SSSR count). The third-order valence-corrected chi connectivity index (χ3v) is 6.70. The summed E-state index contributed by atoms with van der Waals surface area (Å²) in [5.41, 5.74) is 0.981. The Kier molecular flexibility index (Phi) is 6.95. The third-order valence-electron chi connectivity index (χ3n) is 4.47. The van der Waals surface area contributed by atoms with Gasteiger partial charge in [-0.25, -0.2) is 8.42 Å². The van der Waals surface area contributed by atoms with Crippen molar-refractivity contribution in [1.82, 2.24) is 0 Å². The Balaban J connectivity index is 2.11. The molecule has 7 heteroatoms. The zero-order chi connectivity index (χ0) is 21.7. The van der Waals surface area contributed by atoms with E-state index in [4.69, 9.17) is 9.47 Å². The third kappa shape index (κ3) is 4.74. The average Bonchev–Trinajstić information content (AvgIpc) is 2.77. The summed E-state index contributed by atoms with van der Waals surface area (Å²) >= 11 is 3.25. The number of benzene rings is 3. The molecule has 156 valence electrons. The minimum atomic E-state index is -3.94. The molecule has 0 saturated carbocycles. The van der Waals surface area contributed by atoms with Gasteiger partial charge in [0.15, 0.2) is 17.3 Å². The molecule has 5 nitrogen and oxygen atoms in total. The molecule has 0 saturated heterocycles. The molecule has 0 aliphatic heterocycles. The van der Waals surface area contributed by atoms with E-state index in [1.807, 2.05) is 30.3 Å². The number of Topliss-reactive ketones (excluding diaryl/α,β-unsaturated/α-hetero) is 1. The topological polar surface area (TPSA) is 69.7 Å². The van der Waals surface area contributed by atoms with Crippen molar-refractivity contribution in [2.75, 3.05) is 7.11 Å². The summed E-state index contributed by atoms with van der Waals surface area (Å²) in [6.45, 7) is 1.90. The molecule has 1 atom stereocenters. The number of carbonyl (C=O) groups is 1. The van der Waals surface area contributed by atoms with Crippen molar-refractivity contribution < 1.29 is 22.7 Å². The molecule has 0 N–H and O–H groups in total. The quantitative estimate of drug-likeness (QED) is 0.326. The van der Waals surface area contributed by atoms with E-state index < -0.39 is 14.7 Å². The van der Waals surface area contributed by atoms with Gasteiger partial charge >= 0.3 is 0 Å². The smallest absolute Gasteiger partial charge is 0.207 e. The van der Waals surface area contributed by atoms with E-state index in [0.29, 0.717) is 5.75 Å². The number of methoxy groups -OCH3 is 1.